The molecule has 0 unspecified atom stereocenters. The van der Waals surface area contributed by atoms with Gasteiger partial charge in [-0.25, -0.2) is 4.39 Å². The van der Waals surface area contributed by atoms with Crippen LogP contribution in [-0.2, 0) is 6.42 Å². The van der Waals surface area contributed by atoms with Crippen LogP contribution in [0, 0.1) is 19.7 Å². The summed E-state index contributed by atoms with van der Waals surface area (Å²) in [4.78, 5) is 16.5. The van der Waals surface area contributed by atoms with Crippen molar-refractivity contribution in [1.29, 1.82) is 0 Å². The lowest BCUT2D eigenvalue weighted by molar-refractivity contribution is 0.0992. The van der Waals surface area contributed by atoms with Gasteiger partial charge < -0.3 is 0 Å². The van der Waals surface area contributed by atoms with Crippen LogP contribution >= 0.6 is 15.9 Å². The molecule has 98 valence electrons. The number of pyridine rings is 1. The number of halogens is 2. The number of Topliss-reactive ketones (excluding diaryl/α,β-unsaturated/α-hetero) is 1. The predicted octanol–water partition coefficient (Wildman–Crippen LogP) is 4.03. The first-order chi connectivity index (χ1) is 8.99. The number of aromatic nitrogens is 1. The third-order valence-electron chi connectivity index (χ3n) is 2.91. The van der Waals surface area contributed by atoms with Gasteiger partial charge in [-0.3, -0.25) is 9.78 Å². The molecule has 0 aliphatic heterocycles. The smallest absolute Gasteiger partial charge is 0.169 e. The van der Waals surface area contributed by atoms with Gasteiger partial charge in [0.25, 0.3) is 0 Å². The van der Waals surface area contributed by atoms with Gasteiger partial charge in [0.05, 0.1) is 4.47 Å². The molecule has 0 fully saturated rings. The molecule has 0 saturated carbocycles. The van der Waals surface area contributed by atoms with E-state index in [4.69, 9.17) is 0 Å². The Labute approximate surface area is 119 Å². The molecule has 2 nitrogen and oxygen atoms in total. The number of ketones is 1. The fourth-order valence-corrected chi connectivity index (χ4v) is 2.34. The highest BCUT2D eigenvalue weighted by Gasteiger charge is 2.14. The van der Waals surface area contributed by atoms with Crippen LogP contribution in [0.2, 0.25) is 0 Å². The van der Waals surface area contributed by atoms with Crippen LogP contribution in [0.5, 0.6) is 0 Å². The van der Waals surface area contributed by atoms with Gasteiger partial charge in [0.15, 0.2) is 5.78 Å². The fraction of sp³-hybridized carbons (Fsp3) is 0.200. The Kier molecular flexibility index (Phi) is 4.10. The molecule has 1 aromatic heterocycles. The number of carbonyl (C=O) groups is 1. The van der Waals surface area contributed by atoms with Crippen molar-refractivity contribution in [1.82, 2.24) is 4.98 Å². The second kappa shape index (κ2) is 5.61. The van der Waals surface area contributed by atoms with Gasteiger partial charge in [-0.05, 0) is 53.5 Å². The summed E-state index contributed by atoms with van der Waals surface area (Å²) in [6.45, 7) is 3.69. The summed E-state index contributed by atoms with van der Waals surface area (Å²) < 4.78 is 13.7. The molecule has 0 radical (unpaired) electrons. The zero-order valence-corrected chi connectivity index (χ0v) is 12.3. The molecule has 0 saturated heterocycles. The van der Waals surface area contributed by atoms with E-state index in [0.29, 0.717) is 21.3 Å². The Hall–Kier alpha value is -1.55. The van der Waals surface area contributed by atoms with Crippen molar-refractivity contribution in [2.45, 2.75) is 20.3 Å². The number of rotatable bonds is 3. The molecule has 1 heterocycles. The average molecular weight is 322 g/mol. The minimum absolute atomic E-state index is 0.0590. The molecule has 4 heteroatoms. The van der Waals surface area contributed by atoms with Gasteiger partial charge in [0, 0.05) is 23.4 Å². The molecule has 0 atom stereocenters. The molecule has 0 spiro atoms. The van der Waals surface area contributed by atoms with Crippen LogP contribution in [0.3, 0.4) is 0 Å². The minimum atomic E-state index is -0.357. The van der Waals surface area contributed by atoms with Crippen LogP contribution in [-0.4, -0.2) is 10.8 Å². The molecule has 0 aliphatic rings. The highest BCUT2D eigenvalue weighted by atomic mass is 79.9. The summed E-state index contributed by atoms with van der Waals surface area (Å²) in [6.07, 6.45) is 0.157. The lowest BCUT2D eigenvalue weighted by Gasteiger charge is -2.07. The van der Waals surface area contributed by atoms with Crippen molar-refractivity contribution < 1.29 is 9.18 Å². The predicted molar refractivity (Wildman–Crippen MR) is 75.8 cm³/mol. The number of hydrogen-bond acceptors (Lipinski definition) is 2. The summed E-state index contributed by atoms with van der Waals surface area (Å²) in [7, 11) is 0. The van der Waals surface area contributed by atoms with Gasteiger partial charge in [0.2, 0.25) is 0 Å². The van der Waals surface area contributed by atoms with E-state index in [2.05, 4.69) is 20.9 Å². The van der Waals surface area contributed by atoms with Crippen molar-refractivity contribution in [3.05, 3.63) is 63.1 Å². The summed E-state index contributed by atoms with van der Waals surface area (Å²) in [5.41, 5.74) is 2.81. The monoisotopic (exact) mass is 321 g/mol. The Balaban J connectivity index is 2.28. The molecule has 19 heavy (non-hydrogen) atoms. The summed E-state index contributed by atoms with van der Waals surface area (Å²) in [6, 6.07) is 8.27. The molecule has 0 bridgehead atoms. The topological polar surface area (TPSA) is 30.0 Å². The molecule has 0 aliphatic carbocycles. The van der Waals surface area contributed by atoms with Crippen LogP contribution in [0.15, 0.2) is 34.8 Å². The zero-order valence-electron chi connectivity index (χ0n) is 10.7. The van der Waals surface area contributed by atoms with Gasteiger partial charge in [0.1, 0.15) is 5.82 Å². The van der Waals surface area contributed by atoms with Crippen LogP contribution in [0.25, 0.3) is 0 Å². The van der Waals surface area contributed by atoms with Crippen LogP contribution < -0.4 is 0 Å². The van der Waals surface area contributed by atoms with Gasteiger partial charge in [-0.15, -0.1) is 0 Å². The van der Waals surface area contributed by atoms with Crippen LogP contribution in [0.1, 0.15) is 27.3 Å². The van der Waals surface area contributed by atoms with E-state index in [-0.39, 0.29) is 18.0 Å². The fourth-order valence-electron chi connectivity index (χ4n) is 1.93. The first kappa shape index (κ1) is 13.9. The highest BCUT2D eigenvalue weighted by molar-refractivity contribution is 9.10. The first-order valence-electron chi connectivity index (χ1n) is 5.89. The summed E-state index contributed by atoms with van der Waals surface area (Å²) >= 11 is 3.17. The molecular formula is C15H13BrFNO. The van der Waals surface area contributed by atoms with E-state index < -0.39 is 0 Å². The van der Waals surface area contributed by atoms with Gasteiger partial charge in [-0.1, -0.05) is 12.1 Å². The lowest BCUT2D eigenvalue weighted by Crippen LogP contribution is -2.08. The SMILES string of the molecule is Cc1ccc(C(=O)Cc2cccc(F)c2Br)c(C)n1. The zero-order chi connectivity index (χ0) is 14.0. The lowest BCUT2D eigenvalue weighted by atomic mass is 10.0. The van der Waals surface area contributed by atoms with Gasteiger partial charge in [-0.2, -0.15) is 0 Å². The molecule has 2 aromatic rings. The van der Waals surface area contributed by atoms with E-state index >= 15 is 0 Å². The van der Waals surface area contributed by atoms with Gasteiger partial charge >= 0.3 is 0 Å². The van der Waals surface area contributed by atoms with Crippen molar-refractivity contribution >= 4 is 21.7 Å². The average Bonchev–Trinajstić information content (AvgIpc) is 2.34. The molecular weight excluding hydrogens is 309 g/mol. The maximum Gasteiger partial charge on any atom is 0.169 e. The number of benzene rings is 1. The third kappa shape index (κ3) is 3.07. The molecule has 0 N–H and O–H groups in total. The second-order valence-corrected chi connectivity index (χ2v) is 5.19. The Morgan fingerprint density at radius 3 is 2.68 bits per heavy atom. The van der Waals surface area contributed by atoms with E-state index in [0.717, 1.165) is 5.69 Å². The van der Waals surface area contributed by atoms with Crippen molar-refractivity contribution in [2.75, 3.05) is 0 Å². The molecule has 0 amide bonds. The number of hydrogen-bond donors (Lipinski definition) is 0. The molecule has 2 rings (SSSR count). The normalized spacial score (nSPS) is 10.5. The number of nitrogens with zero attached hydrogens (tertiary/aromatic N) is 1. The summed E-state index contributed by atoms with van der Waals surface area (Å²) in [5.74, 6) is -0.416. The van der Waals surface area contributed by atoms with E-state index in [1.54, 1.807) is 31.2 Å². The maximum absolute atomic E-state index is 13.4. The van der Waals surface area contributed by atoms with E-state index in [9.17, 15) is 9.18 Å². The second-order valence-electron chi connectivity index (χ2n) is 4.40. The van der Waals surface area contributed by atoms with E-state index in [1.165, 1.54) is 6.07 Å². The standard InChI is InChI=1S/C15H13BrFNO/c1-9-6-7-12(10(2)18-9)14(19)8-11-4-3-5-13(17)15(11)16/h3-7H,8H2,1-2H3. The molecule has 1 aromatic carbocycles. The highest BCUT2D eigenvalue weighted by Crippen LogP contribution is 2.22. The Bertz CT molecular complexity index is 640. The van der Waals surface area contributed by atoms with E-state index in [1.807, 2.05) is 6.92 Å². The number of aryl methyl sites for hydroxylation is 2. The summed E-state index contributed by atoms with van der Waals surface area (Å²) in [5, 5.41) is 0. The number of carbonyl (C=O) groups excluding carboxylic acids is 1. The van der Waals surface area contributed by atoms with Crippen LogP contribution in [0.4, 0.5) is 4.39 Å². The largest absolute Gasteiger partial charge is 0.294 e. The van der Waals surface area contributed by atoms with Crippen molar-refractivity contribution in [3.63, 3.8) is 0 Å². The van der Waals surface area contributed by atoms with Crippen molar-refractivity contribution in [3.8, 4) is 0 Å². The Morgan fingerprint density at radius 2 is 2.00 bits per heavy atom. The minimum Gasteiger partial charge on any atom is -0.294 e. The first-order valence-corrected chi connectivity index (χ1v) is 6.68. The van der Waals surface area contributed by atoms with Crippen molar-refractivity contribution in [2.24, 2.45) is 0 Å². The Morgan fingerprint density at radius 1 is 1.26 bits per heavy atom. The third-order valence-corrected chi connectivity index (χ3v) is 3.80. The maximum atomic E-state index is 13.4. The quantitative estimate of drug-likeness (QED) is 0.799.